The lowest BCUT2D eigenvalue weighted by atomic mass is 10.1. The van der Waals surface area contributed by atoms with Gasteiger partial charge < -0.3 is 9.80 Å². The second-order valence-corrected chi connectivity index (χ2v) is 7.13. The molecule has 0 aliphatic carbocycles. The third-order valence-electron chi connectivity index (χ3n) is 4.75. The van der Waals surface area contributed by atoms with Crippen LogP contribution in [0.3, 0.4) is 0 Å². The summed E-state index contributed by atoms with van der Waals surface area (Å²) in [7, 11) is 0. The van der Waals surface area contributed by atoms with Gasteiger partial charge in [-0.3, -0.25) is 9.59 Å². The molecule has 5 heteroatoms. The van der Waals surface area contributed by atoms with Crippen LogP contribution in [0.5, 0.6) is 0 Å². The number of benzene rings is 1. The molecule has 0 saturated heterocycles. The molecule has 0 saturated carbocycles. The van der Waals surface area contributed by atoms with Gasteiger partial charge in [0, 0.05) is 47.8 Å². The summed E-state index contributed by atoms with van der Waals surface area (Å²) in [6, 6.07) is 9.57. The minimum Gasteiger partial charge on any atom is -0.338 e. The highest BCUT2D eigenvalue weighted by atomic mass is 32.1. The molecule has 2 aromatic rings. The standard InChI is InChI=1S/C19H18N2O2S/c1-13-15-4-2-3-5-16(15)19(23)21(13)10-7-18(22)20-9-6-17-14(12-20)8-11-24-17/h2-5,8,11H,1,6-7,9-10,12H2. The van der Waals surface area contributed by atoms with Crippen molar-refractivity contribution in [1.82, 2.24) is 9.80 Å². The molecule has 2 aliphatic heterocycles. The molecule has 0 bridgehead atoms. The van der Waals surface area contributed by atoms with E-state index in [1.54, 1.807) is 16.2 Å². The van der Waals surface area contributed by atoms with Gasteiger partial charge in [0.1, 0.15) is 0 Å². The molecule has 2 amide bonds. The van der Waals surface area contributed by atoms with E-state index in [0.29, 0.717) is 30.8 Å². The maximum atomic E-state index is 12.5. The lowest BCUT2D eigenvalue weighted by Gasteiger charge is -2.28. The zero-order valence-corrected chi connectivity index (χ0v) is 14.1. The van der Waals surface area contributed by atoms with Gasteiger partial charge in [-0.25, -0.2) is 0 Å². The second-order valence-electron chi connectivity index (χ2n) is 6.13. The molecule has 0 unspecified atom stereocenters. The average Bonchev–Trinajstić information content (AvgIpc) is 3.17. The maximum absolute atomic E-state index is 12.5. The SMILES string of the molecule is C=C1c2ccccc2C(=O)N1CCC(=O)N1CCc2sccc2C1. The van der Waals surface area contributed by atoms with Crippen molar-refractivity contribution in [1.29, 1.82) is 0 Å². The number of hydrogen-bond acceptors (Lipinski definition) is 3. The Kier molecular flexibility index (Phi) is 3.73. The summed E-state index contributed by atoms with van der Waals surface area (Å²) in [6.07, 6.45) is 1.26. The van der Waals surface area contributed by atoms with Gasteiger partial charge in [0.25, 0.3) is 5.91 Å². The number of fused-ring (bicyclic) bond motifs is 2. The van der Waals surface area contributed by atoms with Crippen molar-refractivity contribution in [3.63, 3.8) is 0 Å². The topological polar surface area (TPSA) is 40.6 Å². The van der Waals surface area contributed by atoms with Crippen molar-refractivity contribution in [2.75, 3.05) is 13.1 Å². The fraction of sp³-hybridized carbons (Fsp3) is 0.263. The maximum Gasteiger partial charge on any atom is 0.258 e. The molecule has 4 nitrogen and oxygen atoms in total. The van der Waals surface area contributed by atoms with Crippen LogP contribution < -0.4 is 0 Å². The second kappa shape index (κ2) is 5.91. The number of thiophene rings is 1. The Balaban J connectivity index is 1.40. The molecule has 1 aromatic heterocycles. The van der Waals surface area contributed by atoms with Crippen LogP contribution in [0.1, 0.15) is 32.8 Å². The van der Waals surface area contributed by atoms with Crippen LogP contribution in [0.15, 0.2) is 42.3 Å². The van der Waals surface area contributed by atoms with Gasteiger partial charge in [-0.1, -0.05) is 24.8 Å². The molecule has 2 aliphatic rings. The summed E-state index contributed by atoms with van der Waals surface area (Å²) in [5.74, 6) is 0.0468. The minimum atomic E-state index is -0.0536. The summed E-state index contributed by atoms with van der Waals surface area (Å²) in [6.45, 7) is 5.86. The minimum absolute atomic E-state index is 0.0536. The quantitative estimate of drug-likeness (QED) is 0.862. The molecule has 0 fully saturated rings. The summed E-state index contributed by atoms with van der Waals surface area (Å²) in [4.78, 5) is 29.9. The molecule has 0 N–H and O–H groups in total. The number of nitrogens with zero attached hydrogens (tertiary/aromatic N) is 2. The smallest absolute Gasteiger partial charge is 0.258 e. The molecule has 4 rings (SSSR count). The van der Waals surface area contributed by atoms with Crippen molar-refractivity contribution in [2.24, 2.45) is 0 Å². The largest absolute Gasteiger partial charge is 0.338 e. The van der Waals surface area contributed by atoms with Crippen molar-refractivity contribution < 1.29 is 9.59 Å². The Morgan fingerprint density at radius 1 is 1.21 bits per heavy atom. The van der Waals surface area contributed by atoms with Gasteiger partial charge >= 0.3 is 0 Å². The van der Waals surface area contributed by atoms with Crippen LogP contribution in [0, 0.1) is 0 Å². The molecule has 0 atom stereocenters. The number of carbonyl (C=O) groups is 2. The summed E-state index contributed by atoms with van der Waals surface area (Å²) < 4.78 is 0. The van der Waals surface area contributed by atoms with Crippen LogP contribution in [-0.2, 0) is 17.8 Å². The number of amides is 2. The highest BCUT2D eigenvalue weighted by Crippen LogP contribution is 2.31. The van der Waals surface area contributed by atoms with Gasteiger partial charge in [0.15, 0.2) is 0 Å². The van der Waals surface area contributed by atoms with Crippen LogP contribution in [0.25, 0.3) is 5.70 Å². The number of hydrogen-bond donors (Lipinski definition) is 0. The Labute approximate surface area is 145 Å². The highest BCUT2D eigenvalue weighted by molar-refractivity contribution is 7.10. The first-order valence-electron chi connectivity index (χ1n) is 8.08. The van der Waals surface area contributed by atoms with Gasteiger partial charge in [-0.2, -0.15) is 0 Å². The van der Waals surface area contributed by atoms with E-state index in [1.807, 2.05) is 29.2 Å². The van der Waals surface area contributed by atoms with Gasteiger partial charge in [0.2, 0.25) is 5.91 Å². The molecular formula is C19H18N2O2S. The lowest BCUT2D eigenvalue weighted by Crippen LogP contribution is -2.37. The van der Waals surface area contributed by atoms with Crippen LogP contribution in [0.2, 0.25) is 0 Å². The molecule has 24 heavy (non-hydrogen) atoms. The van der Waals surface area contributed by atoms with E-state index in [2.05, 4.69) is 18.0 Å². The summed E-state index contributed by atoms with van der Waals surface area (Å²) in [5, 5.41) is 2.09. The third kappa shape index (κ3) is 2.45. The molecule has 0 spiro atoms. The third-order valence-corrected chi connectivity index (χ3v) is 5.77. The van der Waals surface area contributed by atoms with Crippen LogP contribution in [-0.4, -0.2) is 34.7 Å². The van der Waals surface area contributed by atoms with E-state index in [-0.39, 0.29) is 11.8 Å². The molecule has 1 aromatic carbocycles. The fourth-order valence-electron chi connectivity index (χ4n) is 3.40. The van der Waals surface area contributed by atoms with Crippen molar-refractivity contribution in [2.45, 2.75) is 19.4 Å². The van der Waals surface area contributed by atoms with Crippen molar-refractivity contribution in [3.05, 3.63) is 63.9 Å². The van der Waals surface area contributed by atoms with E-state index in [4.69, 9.17) is 0 Å². The zero-order valence-electron chi connectivity index (χ0n) is 13.3. The van der Waals surface area contributed by atoms with Gasteiger partial charge in [0.05, 0.1) is 0 Å². The van der Waals surface area contributed by atoms with E-state index >= 15 is 0 Å². The normalized spacial score (nSPS) is 16.3. The first-order valence-corrected chi connectivity index (χ1v) is 8.96. The molecule has 0 radical (unpaired) electrons. The van der Waals surface area contributed by atoms with Crippen molar-refractivity contribution >= 4 is 28.8 Å². The first-order chi connectivity index (χ1) is 11.6. The number of rotatable bonds is 3. The predicted octanol–water partition coefficient (Wildman–Crippen LogP) is 3.15. The Hall–Kier alpha value is -2.40. The lowest BCUT2D eigenvalue weighted by molar-refractivity contribution is -0.132. The van der Waals surface area contributed by atoms with E-state index < -0.39 is 0 Å². The molecule has 122 valence electrons. The Bertz CT molecular complexity index is 804. The van der Waals surface area contributed by atoms with Crippen molar-refractivity contribution in [3.8, 4) is 0 Å². The van der Waals surface area contributed by atoms with E-state index in [0.717, 1.165) is 18.5 Å². The monoisotopic (exact) mass is 338 g/mol. The summed E-state index contributed by atoms with van der Waals surface area (Å²) in [5.41, 5.74) is 3.50. The Morgan fingerprint density at radius 2 is 2.00 bits per heavy atom. The fourth-order valence-corrected chi connectivity index (χ4v) is 4.29. The van der Waals surface area contributed by atoms with Crippen LogP contribution >= 0.6 is 11.3 Å². The van der Waals surface area contributed by atoms with Gasteiger partial charge in [-0.15, -0.1) is 11.3 Å². The van der Waals surface area contributed by atoms with Crippen LogP contribution in [0.4, 0.5) is 0 Å². The predicted molar refractivity (Wildman–Crippen MR) is 94.6 cm³/mol. The summed E-state index contributed by atoms with van der Waals surface area (Å²) >= 11 is 1.76. The average molecular weight is 338 g/mol. The zero-order chi connectivity index (χ0) is 16.7. The molecule has 3 heterocycles. The first kappa shape index (κ1) is 15.1. The van der Waals surface area contributed by atoms with E-state index in [1.165, 1.54) is 10.4 Å². The number of carbonyl (C=O) groups excluding carboxylic acids is 2. The van der Waals surface area contributed by atoms with E-state index in [9.17, 15) is 9.59 Å². The Morgan fingerprint density at radius 3 is 2.79 bits per heavy atom. The van der Waals surface area contributed by atoms with Gasteiger partial charge in [-0.05, 0) is 29.5 Å². The molecular weight excluding hydrogens is 320 g/mol. The highest BCUT2D eigenvalue weighted by Gasteiger charge is 2.31.